The van der Waals surface area contributed by atoms with Gasteiger partial charge in [0.2, 0.25) is 10.0 Å². The van der Waals surface area contributed by atoms with Crippen LogP contribution in [-0.2, 0) is 10.0 Å². The predicted molar refractivity (Wildman–Crippen MR) is 95.4 cm³/mol. The molecule has 4 rings (SSSR count). The van der Waals surface area contributed by atoms with Gasteiger partial charge in [0.15, 0.2) is 17.2 Å². The van der Waals surface area contributed by atoms with Gasteiger partial charge in [-0.1, -0.05) is 12.1 Å². The molecule has 2 heterocycles. The highest BCUT2D eigenvalue weighted by atomic mass is 32.2. The van der Waals surface area contributed by atoms with Crippen molar-refractivity contribution in [2.75, 3.05) is 18.1 Å². The van der Waals surface area contributed by atoms with Crippen LogP contribution in [0.5, 0.6) is 5.75 Å². The fourth-order valence-corrected chi connectivity index (χ4v) is 3.36. The summed E-state index contributed by atoms with van der Waals surface area (Å²) in [5, 5.41) is 4.65. The van der Waals surface area contributed by atoms with E-state index in [1.165, 1.54) is 0 Å². The molecule has 1 aliphatic carbocycles. The van der Waals surface area contributed by atoms with Crippen molar-refractivity contribution in [2.45, 2.75) is 18.8 Å². The summed E-state index contributed by atoms with van der Waals surface area (Å²) in [5.41, 5.74) is 2.84. The van der Waals surface area contributed by atoms with E-state index in [0.29, 0.717) is 23.0 Å². The number of sulfonamides is 1. The SMILES string of the molecule is COc1ccc(-c2cccc(NS(C)(=O)=O)c2)n2nc(C3CC3)nc12. The van der Waals surface area contributed by atoms with Gasteiger partial charge in [-0.3, -0.25) is 4.72 Å². The summed E-state index contributed by atoms with van der Waals surface area (Å²) in [6.45, 7) is 0. The number of pyridine rings is 1. The Hall–Kier alpha value is -2.61. The van der Waals surface area contributed by atoms with E-state index in [1.54, 1.807) is 29.8 Å². The monoisotopic (exact) mass is 358 g/mol. The molecule has 0 atom stereocenters. The van der Waals surface area contributed by atoms with E-state index in [0.717, 1.165) is 36.2 Å². The molecule has 1 aliphatic rings. The first kappa shape index (κ1) is 15.9. The van der Waals surface area contributed by atoms with Crippen LogP contribution in [0.25, 0.3) is 16.9 Å². The summed E-state index contributed by atoms with van der Waals surface area (Å²) in [6.07, 6.45) is 3.36. The van der Waals surface area contributed by atoms with Gasteiger partial charge in [0.25, 0.3) is 0 Å². The van der Waals surface area contributed by atoms with Crippen LogP contribution in [0.1, 0.15) is 24.6 Å². The zero-order chi connectivity index (χ0) is 17.6. The van der Waals surface area contributed by atoms with Gasteiger partial charge in [-0.15, -0.1) is 0 Å². The molecule has 130 valence electrons. The Bertz CT molecular complexity index is 1050. The van der Waals surface area contributed by atoms with Crippen LogP contribution >= 0.6 is 0 Å². The van der Waals surface area contributed by atoms with Crippen molar-refractivity contribution in [2.24, 2.45) is 0 Å². The third-order valence-electron chi connectivity index (χ3n) is 4.09. The van der Waals surface area contributed by atoms with E-state index in [4.69, 9.17) is 4.74 Å². The van der Waals surface area contributed by atoms with Crippen molar-refractivity contribution >= 4 is 21.4 Å². The number of benzene rings is 1. The molecular formula is C17H18N4O3S. The topological polar surface area (TPSA) is 85.6 Å². The highest BCUT2D eigenvalue weighted by Gasteiger charge is 2.29. The maximum Gasteiger partial charge on any atom is 0.229 e. The maximum atomic E-state index is 11.5. The molecule has 0 amide bonds. The van der Waals surface area contributed by atoms with Gasteiger partial charge >= 0.3 is 0 Å². The van der Waals surface area contributed by atoms with Crippen LogP contribution in [0, 0.1) is 0 Å². The standard InChI is InChI=1S/C17H18N4O3S/c1-24-15-9-8-14(21-17(15)18-16(19-21)11-6-7-11)12-4-3-5-13(10-12)20-25(2,22)23/h3-5,8-11,20H,6-7H2,1-2H3. The second-order valence-electron chi connectivity index (χ2n) is 6.22. The van der Waals surface area contributed by atoms with Crippen LogP contribution in [0.4, 0.5) is 5.69 Å². The number of hydrogen-bond donors (Lipinski definition) is 1. The fraction of sp³-hybridized carbons (Fsp3) is 0.294. The van der Waals surface area contributed by atoms with E-state index >= 15 is 0 Å². The number of nitrogens with zero attached hydrogens (tertiary/aromatic N) is 3. The number of aromatic nitrogens is 3. The highest BCUT2D eigenvalue weighted by molar-refractivity contribution is 7.92. The first-order chi connectivity index (χ1) is 11.9. The Morgan fingerprint density at radius 3 is 2.72 bits per heavy atom. The minimum atomic E-state index is -3.33. The van der Waals surface area contributed by atoms with Crippen LogP contribution in [0.2, 0.25) is 0 Å². The number of hydrogen-bond acceptors (Lipinski definition) is 5. The Labute approximate surface area is 145 Å². The van der Waals surface area contributed by atoms with Crippen LogP contribution < -0.4 is 9.46 Å². The first-order valence-electron chi connectivity index (χ1n) is 7.96. The number of fused-ring (bicyclic) bond motifs is 1. The van der Waals surface area contributed by atoms with Gasteiger partial charge in [0.1, 0.15) is 0 Å². The van der Waals surface area contributed by atoms with Crippen molar-refractivity contribution in [1.82, 2.24) is 14.6 Å². The van der Waals surface area contributed by atoms with E-state index in [9.17, 15) is 8.42 Å². The zero-order valence-corrected chi connectivity index (χ0v) is 14.7. The summed E-state index contributed by atoms with van der Waals surface area (Å²) >= 11 is 0. The summed E-state index contributed by atoms with van der Waals surface area (Å²) < 4.78 is 32.6. The van der Waals surface area contributed by atoms with Crippen molar-refractivity contribution in [3.63, 3.8) is 0 Å². The van der Waals surface area contributed by atoms with Gasteiger partial charge in [0, 0.05) is 17.2 Å². The number of ether oxygens (including phenoxy) is 1. The van der Waals surface area contributed by atoms with E-state index in [-0.39, 0.29) is 0 Å². The minimum Gasteiger partial charge on any atom is -0.493 e. The number of nitrogens with one attached hydrogen (secondary N) is 1. The lowest BCUT2D eigenvalue weighted by Gasteiger charge is -2.09. The molecule has 0 bridgehead atoms. The molecular weight excluding hydrogens is 340 g/mol. The average Bonchev–Trinajstić information content (AvgIpc) is 3.31. The second kappa shape index (κ2) is 5.73. The van der Waals surface area contributed by atoms with Crippen LogP contribution in [0.3, 0.4) is 0 Å². The van der Waals surface area contributed by atoms with Crippen molar-refractivity contribution in [1.29, 1.82) is 0 Å². The number of anilines is 1. The lowest BCUT2D eigenvalue weighted by molar-refractivity contribution is 0.416. The molecule has 7 nitrogen and oxygen atoms in total. The second-order valence-corrected chi connectivity index (χ2v) is 7.97. The Balaban J connectivity index is 1.85. The molecule has 8 heteroatoms. The smallest absolute Gasteiger partial charge is 0.229 e. The molecule has 1 N–H and O–H groups in total. The average molecular weight is 358 g/mol. The van der Waals surface area contributed by atoms with Gasteiger partial charge in [0.05, 0.1) is 19.1 Å². The highest BCUT2D eigenvalue weighted by Crippen LogP contribution is 2.39. The van der Waals surface area contributed by atoms with Gasteiger partial charge < -0.3 is 4.74 Å². The lowest BCUT2D eigenvalue weighted by atomic mass is 10.1. The number of rotatable bonds is 5. The third kappa shape index (κ3) is 3.17. The van der Waals surface area contributed by atoms with Crippen LogP contribution in [-0.4, -0.2) is 36.4 Å². The summed E-state index contributed by atoms with van der Waals surface area (Å²) in [5.74, 6) is 1.92. The van der Waals surface area contributed by atoms with E-state index < -0.39 is 10.0 Å². The summed E-state index contributed by atoms with van der Waals surface area (Å²) in [7, 11) is -1.72. The van der Waals surface area contributed by atoms with Crippen LogP contribution in [0.15, 0.2) is 36.4 Å². The Kier molecular flexibility index (Phi) is 3.64. The molecule has 1 fully saturated rings. The minimum absolute atomic E-state index is 0.427. The first-order valence-corrected chi connectivity index (χ1v) is 9.85. The largest absolute Gasteiger partial charge is 0.493 e. The molecule has 0 spiro atoms. The van der Waals surface area contributed by atoms with E-state index in [2.05, 4.69) is 14.8 Å². The Morgan fingerprint density at radius 2 is 2.04 bits per heavy atom. The lowest BCUT2D eigenvalue weighted by Crippen LogP contribution is -2.09. The maximum absolute atomic E-state index is 11.5. The fourth-order valence-electron chi connectivity index (χ4n) is 2.80. The Morgan fingerprint density at radius 1 is 1.24 bits per heavy atom. The zero-order valence-electron chi connectivity index (χ0n) is 13.9. The quantitative estimate of drug-likeness (QED) is 0.758. The van der Waals surface area contributed by atoms with Gasteiger partial charge in [-0.2, -0.15) is 5.10 Å². The van der Waals surface area contributed by atoms with Crippen molar-refractivity contribution in [3.05, 3.63) is 42.2 Å². The molecule has 0 unspecified atom stereocenters. The predicted octanol–water partition coefficient (Wildman–Crippen LogP) is 2.65. The molecule has 25 heavy (non-hydrogen) atoms. The van der Waals surface area contributed by atoms with Crippen molar-refractivity contribution < 1.29 is 13.2 Å². The normalized spacial score (nSPS) is 14.6. The summed E-state index contributed by atoms with van der Waals surface area (Å²) in [4.78, 5) is 4.63. The summed E-state index contributed by atoms with van der Waals surface area (Å²) in [6, 6.07) is 11.0. The third-order valence-corrected chi connectivity index (χ3v) is 4.70. The molecule has 1 saturated carbocycles. The molecule has 0 radical (unpaired) electrons. The number of methoxy groups -OCH3 is 1. The molecule has 3 aromatic rings. The molecule has 2 aromatic heterocycles. The van der Waals surface area contributed by atoms with Crippen molar-refractivity contribution in [3.8, 4) is 17.0 Å². The molecule has 0 aliphatic heterocycles. The molecule has 0 saturated heterocycles. The molecule has 1 aromatic carbocycles. The van der Waals surface area contributed by atoms with E-state index in [1.807, 2.05) is 18.2 Å². The van der Waals surface area contributed by atoms with Gasteiger partial charge in [-0.25, -0.2) is 17.9 Å². The van der Waals surface area contributed by atoms with Gasteiger partial charge in [-0.05, 0) is 37.1 Å².